The van der Waals surface area contributed by atoms with E-state index in [1.807, 2.05) is 0 Å². The fourth-order valence-corrected chi connectivity index (χ4v) is 3.39. The number of amides is 1. The highest BCUT2D eigenvalue weighted by Crippen LogP contribution is 2.13. The Hall–Kier alpha value is -1.73. The second-order valence-electron chi connectivity index (χ2n) is 3.94. The molecule has 0 bridgehead atoms. The molecule has 1 heterocycles. The first-order chi connectivity index (χ1) is 8.98. The quantitative estimate of drug-likeness (QED) is 0.932. The number of carbonyl (C=O) groups is 1. The van der Waals surface area contributed by atoms with Gasteiger partial charge in [0.2, 0.25) is 10.0 Å². The van der Waals surface area contributed by atoms with Gasteiger partial charge in [0, 0.05) is 0 Å². The molecule has 0 aliphatic carbocycles. The number of aromatic nitrogens is 1. The molecule has 7 heteroatoms. The van der Waals surface area contributed by atoms with Crippen LogP contribution in [0.15, 0.2) is 35.8 Å². The van der Waals surface area contributed by atoms with Gasteiger partial charge in [-0.25, -0.2) is 18.1 Å². The third-order valence-corrected chi connectivity index (χ3v) is 4.54. The number of hydrogen-bond acceptors (Lipinski definition) is 5. The van der Waals surface area contributed by atoms with Crippen molar-refractivity contribution in [1.29, 1.82) is 0 Å². The first-order valence-electron chi connectivity index (χ1n) is 5.47. The molecule has 19 heavy (non-hydrogen) atoms. The van der Waals surface area contributed by atoms with Crippen molar-refractivity contribution >= 4 is 27.3 Å². The van der Waals surface area contributed by atoms with Gasteiger partial charge in [-0.3, -0.25) is 4.79 Å². The number of rotatable bonds is 4. The van der Waals surface area contributed by atoms with Crippen molar-refractivity contribution in [3.63, 3.8) is 0 Å². The van der Waals surface area contributed by atoms with Gasteiger partial charge in [-0.15, -0.1) is 11.3 Å². The molecule has 1 aromatic carbocycles. The molecule has 1 N–H and O–H groups in total. The fraction of sp³-hybridized carbons (Fsp3) is 0.167. The second-order valence-corrected chi connectivity index (χ2v) is 6.52. The minimum Gasteiger partial charge on any atom is -0.267 e. The summed E-state index contributed by atoms with van der Waals surface area (Å²) in [5, 5.41) is 0. The first-order valence-corrected chi connectivity index (χ1v) is 8.00. The highest BCUT2D eigenvalue weighted by molar-refractivity contribution is 7.89. The SMILES string of the molecule is Cc1ncsc1C(=O)NS(=O)(=O)Cc1ccccc1. The number of nitrogens with one attached hydrogen (secondary N) is 1. The Kier molecular flexibility index (Phi) is 3.96. The summed E-state index contributed by atoms with van der Waals surface area (Å²) in [5.41, 5.74) is 2.66. The van der Waals surface area contributed by atoms with Gasteiger partial charge in [0.25, 0.3) is 5.91 Å². The van der Waals surface area contributed by atoms with Crippen LogP contribution in [0.3, 0.4) is 0 Å². The van der Waals surface area contributed by atoms with Gasteiger partial charge in [0.05, 0.1) is 17.0 Å². The van der Waals surface area contributed by atoms with Gasteiger partial charge in [-0.05, 0) is 12.5 Å². The minimum absolute atomic E-state index is 0.225. The van der Waals surface area contributed by atoms with Crippen LogP contribution >= 0.6 is 11.3 Å². The molecule has 0 fully saturated rings. The summed E-state index contributed by atoms with van der Waals surface area (Å²) in [4.78, 5) is 16.0. The van der Waals surface area contributed by atoms with Crippen LogP contribution in [0.5, 0.6) is 0 Å². The first kappa shape index (κ1) is 13.7. The van der Waals surface area contributed by atoms with E-state index < -0.39 is 15.9 Å². The van der Waals surface area contributed by atoms with Crippen molar-refractivity contribution in [3.05, 3.63) is 52.0 Å². The Morgan fingerprint density at radius 2 is 2.00 bits per heavy atom. The fourth-order valence-electron chi connectivity index (χ4n) is 1.54. The van der Waals surface area contributed by atoms with Crippen molar-refractivity contribution in [3.8, 4) is 0 Å². The zero-order chi connectivity index (χ0) is 13.9. The third-order valence-electron chi connectivity index (χ3n) is 2.40. The van der Waals surface area contributed by atoms with Crippen LogP contribution in [-0.2, 0) is 15.8 Å². The van der Waals surface area contributed by atoms with Crippen molar-refractivity contribution in [1.82, 2.24) is 9.71 Å². The molecule has 2 rings (SSSR count). The summed E-state index contributed by atoms with van der Waals surface area (Å²) in [6, 6.07) is 8.69. The lowest BCUT2D eigenvalue weighted by molar-refractivity contribution is 0.0984. The smallest absolute Gasteiger partial charge is 0.267 e. The van der Waals surface area contributed by atoms with Crippen molar-refractivity contribution < 1.29 is 13.2 Å². The largest absolute Gasteiger partial charge is 0.276 e. The molecule has 5 nitrogen and oxygen atoms in total. The minimum atomic E-state index is -3.70. The summed E-state index contributed by atoms with van der Waals surface area (Å²) in [7, 11) is -3.70. The average molecular weight is 296 g/mol. The molecule has 100 valence electrons. The number of benzene rings is 1. The van der Waals surface area contributed by atoms with Crippen LogP contribution < -0.4 is 4.72 Å². The zero-order valence-electron chi connectivity index (χ0n) is 10.2. The van der Waals surface area contributed by atoms with Crippen LogP contribution in [0.25, 0.3) is 0 Å². The molecule has 2 aromatic rings. The molecule has 0 radical (unpaired) electrons. The molecule has 1 aromatic heterocycles. The molecule has 0 unspecified atom stereocenters. The number of carbonyl (C=O) groups excluding carboxylic acids is 1. The standard InChI is InChI=1S/C12H12N2O3S2/c1-9-11(18-8-13-9)12(15)14-19(16,17)7-10-5-3-2-4-6-10/h2-6,8H,7H2,1H3,(H,14,15). The highest BCUT2D eigenvalue weighted by atomic mass is 32.2. The lowest BCUT2D eigenvalue weighted by atomic mass is 10.2. The molecular weight excluding hydrogens is 284 g/mol. The van der Waals surface area contributed by atoms with Crippen molar-refractivity contribution in [2.75, 3.05) is 0 Å². The highest BCUT2D eigenvalue weighted by Gasteiger charge is 2.19. The van der Waals surface area contributed by atoms with Crippen molar-refractivity contribution in [2.24, 2.45) is 0 Å². The molecule has 0 saturated carbocycles. The van der Waals surface area contributed by atoms with E-state index >= 15 is 0 Å². The number of hydrogen-bond donors (Lipinski definition) is 1. The lowest BCUT2D eigenvalue weighted by Gasteiger charge is -2.06. The summed E-state index contributed by atoms with van der Waals surface area (Å²) in [6.45, 7) is 1.66. The van der Waals surface area contributed by atoms with E-state index in [-0.39, 0.29) is 5.75 Å². The Labute approximate surface area is 115 Å². The maximum absolute atomic E-state index is 11.9. The van der Waals surface area contributed by atoms with Crippen molar-refractivity contribution in [2.45, 2.75) is 12.7 Å². The maximum Gasteiger partial charge on any atom is 0.276 e. The number of sulfonamides is 1. The molecule has 0 aliphatic rings. The molecular formula is C12H12N2O3S2. The average Bonchev–Trinajstić information content (AvgIpc) is 2.75. The summed E-state index contributed by atoms with van der Waals surface area (Å²) in [5.74, 6) is -0.854. The second kappa shape index (κ2) is 5.50. The predicted octanol–water partition coefficient (Wildman–Crippen LogP) is 1.71. The van der Waals surface area contributed by atoms with Crippen LogP contribution in [0.1, 0.15) is 20.9 Å². The van der Waals surface area contributed by atoms with E-state index in [9.17, 15) is 13.2 Å². The Morgan fingerprint density at radius 3 is 2.58 bits per heavy atom. The molecule has 0 spiro atoms. The van der Waals surface area contributed by atoms with Gasteiger partial charge < -0.3 is 0 Å². The molecule has 0 saturated heterocycles. The van der Waals surface area contributed by atoms with Gasteiger partial charge >= 0.3 is 0 Å². The Balaban J connectivity index is 2.10. The lowest BCUT2D eigenvalue weighted by Crippen LogP contribution is -2.31. The number of thiazole rings is 1. The molecule has 1 amide bonds. The van der Waals surface area contributed by atoms with Crippen LogP contribution in [0.2, 0.25) is 0 Å². The van der Waals surface area contributed by atoms with E-state index in [2.05, 4.69) is 9.71 Å². The summed E-state index contributed by atoms with van der Waals surface area (Å²) < 4.78 is 25.8. The number of aryl methyl sites for hydroxylation is 1. The monoisotopic (exact) mass is 296 g/mol. The van der Waals surface area contributed by atoms with Gasteiger partial charge in [-0.2, -0.15) is 0 Å². The van der Waals surface area contributed by atoms with Gasteiger partial charge in [0.1, 0.15) is 4.88 Å². The predicted molar refractivity (Wildman–Crippen MR) is 73.4 cm³/mol. The number of nitrogens with zero attached hydrogens (tertiary/aromatic N) is 1. The third kappa shape index (κ3) is 3.62. The van der Waals surface area contributed by atoms with Gasteiger partial charge in [0.15, 0.2) is 0 Å². The van der Waals surface area contributed by atoms with E-state index in [4.69, 9.17) is 0 Å². The van der Waals surface area contributed by atoms with Crippen LogP contribution in [0.4, 0.5) is 0 Å². The van der Waals surface area contributed by atoms with E-state index in [1.165, 1.54) is 5.51 Å². The normalized spacial score (nSPS) is 11.2. The Bertz CT molecular complexity index is 678. The van der Waals surface area contributed by atoms with Crippen LogP contribution in [-0.4, -0.2) is 19.3 Å². The van der Waals surface area contributed by atoms with Gasteiger partial charge in [-0.1, -0.05) is 30.3 Å². The zero-order valence-corrected chi connectivity index (χ0v) is 11.8. The van der Waals surface area contributed by atoms with E-state index in [0.29, 0.717) is 16.1 Å². The van der Waals surface area contributed by atoms with E-state index in [1.54, 1.807) is 37.3 Å². The summed E-state index contributed by atoms with van der Waals surface area (Å²) >= 11 is 1.12. The van der Waals surface area contributed by atoms with E-state index in [0.717, 1.165) is 11.3 Å². The Morgan fingerprint density at radius 1 is 1.32 bits per heavy atom. The topological polar surface area (TPSA) is 76.1 Å². The molecule has 0 atom stereocenters. The summed E-state index contributed by atoms with van der Waals surface area (Å²) in [6.07, 6.45) is 0. The van der Waals surface area contributed by atoms with Crippen LogP contribution in [0, 0.1) is 6.92 Å². The molecule has 0 aliphatic heterocycles. The maximum atomic E-state index is 11.9.